The number of ether oxygens (including phenoxy) is 2. The lowest BCUT2D eigenvalue weighted by Gasteiger charge is -2.24. The summed E-state index contributed by atoms with van der Waals surface area (Å²) >= 11 is 0. The number of allylic oxidation sites excluding steroid dienone is 10. The summed E-state index contributed by atoms with van der Waals surface area (Å²) < 4.78 is 35.2. The summed E-state index contributed by atoms with van der Waals surface area (Å²) in [6.45, 7) is 5.52. The zero-order chi connectivity index (χ0) is 47.6. The van der Waals surface area contributed by atoms with Crippen LogP contribution in [0.4, 0.5) is 0 Å². The summed E-state index contributed by atoms with van der Waals surface area (Å²) in [6, 6.07) is 0. The molecule has 2 unspecified atom stereocenters. The highest BCUT2D eigenvalue weighted by Crippen LogP contribution is 2.43. The van der Waals surface area contributed by atoms with Gasteiger partial charge >= 0.3 is 13.8 Å². The van der Waals surface area contributed by atoms with E-state index in [0.717, 1.165) is 57.8 Å². The molecule has 0 aliphatic heterocycles. The maximum Gasteiger partial charge on any atom is 0.472 e. The Morgan fingerprint density at radius 2 is 0.892 bits per heavy atom. The molecule has 0 radical (unpaired) electrons. The van der Waals surface area contributed by atoms with Crippen LogP contribution in [0.15, 0.2) is 60.8 Å². The second kappa shape index (κ2) is 48.6. The number of likely N-dealkylation sites (N-methyl/N-ethyl adjacent to an activating group) is 1. The van der Waals surface area contributed by atoms with Crippen LogP contribution in [0.3, 0.4) is 0 Å². The van der Waals surface area contributed by atoms with Crippen molar-refractivity contribution in [1.29, 1.82) is 0 Å². The summed E-state index contributed by atoms with van der Waals surface area (Å²) in [6.07, 6.45) is 62.7. The van der Waals surface area contributed by atoms with E-state index in [1.165, 1.54) is 154 Å². The molecule has 8 nitrogen and oxygen atoms in total. The van der Waals surface area contributed by atoms with Gasteiger partial charge in [0, 0.05) is 13.0 Å². The average Bonchev–Trinajstić information content (AvgIpc) is 3.27. The van der Waals surface area contributed by atoms with Crippen molar-refractivity contribution in [2.75, 3.05) is 54.1 Å². The molecule has 0 amide bonds. The van der Waals surface area contributed by atoms with Crippen molar-refractivity contribution >= 4 is 13.8 Å². The number of hydrogen-bond acceptors (Lipinski definition) is 6. The molecule has 0 aromatic heterocycles. The minimum Gasteiger partial charge on any atom is -0.457 e. The molecule has 0 saturated carbocycles. The Kier molecular flexibility index (Phi) is 47.3. The van der Waals surface area contributed by atoms with Crippen LogP contribution in [0.2, 0.25) is 0 Å². The van der Waals surface area contributed by atoms with E-state index in [1.54, 1.807) is 0 Å². The Balaban J connectivity index is 4.10. The number of rotatable bonds is 50. The van der Waals surface area contributed by atoms with Crippen molar-refractivity contribution in [3.05, 3.63) is 60.8 Å². The molecule has 0 aromatic carbocycles. The molecule has 0 aliphatic rings. The molecule has 0 fully saturated rings. The van der Waals surface area contributed by atoms with Crippen LogP contribution in [-0.4, -0.2) is 75.6 Å². The van der Waals surface area contributed by atoms with E-state index >= 15 is 0 Å². The molecule has 0 spiro atoms. The highest BCUT2D eigenvalue weighted by Gasteiger charge is 2.26. The number of carbonyl (C=O) groups excluding carboxylic acids is 1. The Hall–Kier alpha value is -1.80. The first kappa shape index (κ1) is 63.2. The molecule has 380 valence electrons. The molecule has 65 heavy (non-hydrogen) atoms. The van der Waals surface area contributed by atoms with Gasteiger partial charge in [-0.15, -0.1) is 0 Å². The molecule has 2 atom stereocenters. The van der Waals surface area contributed by atoms with Gasteiger partial charge in [0.15, 0.2) is 0 Å². The first-order valence-electron chi connectivity index (χ1n) is 27.0. The number of unbranched alkanes of at least 4 members (excludes halogenated alkanes) is 26. The van der Waals surface area contributed by atoms with Crippen LogP contribution < -0.4 is 0 Å². The van der Waals surface area contributed by atoms with E-state index in [9.17, 15) is 14.3 Å². The fourth-order valence-corrected chi connectivity index (χ4v) is 8.16. The SMILES string of the molecule is CC/C=C\C/C=C\C/C=C\C/C=C\CCCCCCCCCCCCCCC(=O)OC(COCCCCCCCCCC/C=C\CCCCCCCC)COP(=O)(O)OCC[N+](C)(C)C. The number of carbonyl (C=O) groups is 1. The third-order valence-corrected chi connectivity index (χ3v) is 12.5. The highest BCUT2D eigenvalue weighted by atomic mass is 31.2. The monoisotopic (exact) mass is 935 g/mol. The standard InChI is InChI=1S/C56H104NO7P/c1-6-8-10-12-14-16-18-20-22-24-26-27-28-29-30-31-32-33-35-37-39-41-43-45-47-49-56(58)64-55(54-63-65(59,60)62-52-50-57(3,4)5)53-61-51-48-46-44-42-40-38-36-34-25-23-21-19-17-15-13-11-9-7-2/h8,10,14,16,20-23,26-27,55H,6-7,9,11-13,15,17-19,24-25,28-54H2,1-5H3/p+1/b10-8-,16-14-,22-20-,23-21-,27-26-. The molecule has 9 heteroatoms. The maximum absolute atomic E-state index is 12.8. The van der Waals surface area contributed by atoms with E-state index in [0.29, 0.717) is 24.1 Å². The third kappa shape index (κ3) is 53.0. The topological polar surface area (TPSA) is 91.3 Å². The van der Waals surface area contributed by atoms with Crippen LogP contribution in [0.1, 0.15) is 232 Å². The predicted molar refractivity (Wildman–Crippen MR) is 279 cm³/mol. The van der Waals surface area contributed by atoms with Crippen LogP contribution in [-0.2, 0) is 27.9 Å². The first-order valence-corrected chi connectivity index (χ1v) is 28.5. The van der Waals surface area contributed by atoms with E-state index < -0.39 is 13.9 Å². The van der Waals surface area contributed by atoms with Gasteiger partial charge < -0.3 is 18.9 Å². The van der Waals surface area contributed by atoms with Crippen LogP contribution in [0.5, 0.6) is 0 Å². The summed E-state index contributed by atoms with van der Waals surface area (Å²) in [5.74, 6) is -0.316. The minimum absolute atomic E-state index is 0.0865. The zero-order valence-corrected chi connectivity index (χ0v) is 44.1. The molecule has 0 aromatic rings. The first-order chi connectivity index (χ1) is 31.6. The fraction of sp³-hybridized carbons (Fsp3) is 0.804. The van der Waals surface area contributed by atoms with Crippen LogP contribution >= 0.6 is 7.82 Å². The number of phosphoric ester groups is 1. The maximum atomic E-state index is 12.8. The number of esters is 1. The highest BCUT2D eigenvalue weighted by molar-refractivity contribution is 7.47. The van der Waals surface area contributed by atoms with Gasteiger partial charge in [-0.3, -0.25) is 13.8 Å². The predicted octanol–water partition coefficient (Wildman–Crippen LogP) is 16.8. The van der Waals surface area contributed by atoms with Crippen LogP contribution in [0, 0.1) is 0 Å². The van der Waals surface area contributed by atoms with Gasteiger partial charge in [-0.2, -0.15) is 0 Å². The Morgan fingerprint density at radius 3 is 1.35 bits per heavy atom. The molecule has 0 aliphatic carbocycles. The minimum atomic E-state index is -4.28. The van der Waals surface area contributed by atoms with Gasteiger partial charge in [-0.05, 0) is 77.0 Å². The molecular formula is C56H105NO7P+. The summed E-state index contributed by atoms with van der Waals surface area (Å²) in [5, 5.41) is 0. The van der Waals surface area contributed by atoms with E-state index in [-0.39, 0.29) is 25.8 Å². The van der Waals surface area contributed by atoms with Gasteiger partial charge in [0.25, 0.3) is 0 Å². The van der Waals surface area contributed by atoms with Crippen molar-refractivity contribution < 1.29 is 37.3 Å². The lowest BCUT2D eigenvalue weighted by atomic mass is 10.0. The zero-order valence-electron chi connectivity index (χ0n) is 43.2. The summed E-state index contributed by atoms with van der Waals surface area (Å²) in [5.41, 5.74) is 0. The molecule has 0 heterocycles. The van der Waals surface area contributed by atoms with E-state index in [4.69, 9.17) is 18.5 Å². The van der Waals surface area contributed by atoms with Gasteiger partial charge in [0.1, 0.15) is 19.3 Å². The lowest BCUT2D eigenvalue weighted by Crippen LogP contribution is -2.37. The normalized spacial score (nSPS) is 14.0. The lowest BCUT2D eigenvalue weighted by molar-refractivity contribution is -0.870. The Morgan fingerprint density at radius 1 is 0.492 bits per heavy atom. The smallest absolute Gasteiger partial charge is 0.457 e. The largest absolute Gasteiger partial charge is 0.472 e. The van der Waals surface area contributed by atoms with E-state index in [1.807, 2.05) is 21.1 Å². The summed E-state index contributed by atoms with van der Waals surface area (Å²) in [7, 11) is 1.67. The van der Waals surface area contributed by atoms with Crippen molar-refractivity contribution in [1.82, 2.24) is 0 Å². The number of phosphoric acid groups is 1. The third-order valence-electron chi connectivity index (χ3n) is 11.6. The Bertz CT molecular complexity index is 1220. The average molecular weight is 935 g/mol. The van der Waals surface area contributed by atoms with Gasteiger partial charge in [-0.25, -0.2) is 4.57 Å². The molecule has 0 bridgehead atoms. The van der Waals surface area contributed by atoms with Gasteiger partial charge in [0.2, 0.25) is 0 Å². The van der Waals surface area contributed by atoms with Crippen LogP contribution in [0.25, 0.3) is 0 Å². The van der Waals surface area contributed by atoms with E-state index in [2.05, 4.69) is 74.6 Å². The van der Waals surface area contributed by atoms with Crippen molar-refractivity contribution in [2.24, 2.45) is 0 Å². The second-order valence-corrected chi connectivity index (χ2v) is 20.7. The van der Waals surface area contributed by atoms with Crippen molar-refractivity contribution in [3.8, 4) is 0 Å². The molecule has 0 rings (SSSR count). The molecule has 0 saturated heterocycles. The van der Waals surface area contributed by atoms with Gasteiger partial charge in [0.05, 0.1) is 34.4 Å². The summed E-state index contributed by atoms with van der Waals surface area (Å²) in [4.78, 5) is 23.0. The van der Waals surface area contributed by atoms with Crippen molar-refractivity contribution in [2.45, 2.75) is 238 Å². The molecule has 1 N–H and O–H groups in total. The second-order valence-electron chi connectivity index (χ2n) is 19.2. The number of quaternary nitrogens is 1. The molecular weight excluding hydrogens is 830 g/mol. The quantitative estimate of drug-likeness (QED) is 0.0214. The number of hydrogen-bond donors (Lipinski definition) is 1. The number of nitrogens with zero attached hydrogens (tertiary/aromatic N) is 1. The van der Waals surface area contributed by atoms with Crippen molar-refractivity contribution in [3.63, 3.8) is 0 Å². The van der Waals surface area contributed by atoms with Gasteiger partial charge in [-0.1, -0.05) is 209 Å². The Labute approximate surface area is 402 Å². The fourth-order valence-electron chi connectivity index (χ4n) is 7.42.